The summed E-state index contributed by atoms with van der Waals surface area (Å²) < 4.78 is 28.3. The molecule has 0 aromatic rings. The van der Waals surface area contributed by atoms with E-state index in [2.05, 4.69) is 93.7 Å². The smallest absolute Gasteiger partial charge is 0.335 e. The molecule has 0 radical (unpaired) electrons. The molecule has 416 valence electrons. The van der Waals surface area contributed by atoms with Crippen LogP contribution < -0.4 is 0 Å². The lowest BCUT2D eigenvalue weighted by atomic mass is 9.98. The number of aliphatic carboxylic acids is 1. The second-order valence-corrected chi connectivity index (χ2v) is 19.2. The lowest BCUT2D eigenvalue weighted by Crippen LogP contribution is -2.61. The van der Waals surface area contributed by atoms with Gasteiger partial charge in [-0.3, -0.25) is 14.4 Å². The number of aliphatic hydroxyl groups excluding tert-OH is 2. The van der Waals surface area contributed by atoms with Gasteiger partial charge < -0.3 is 39.0 Å². The summed E-state index contributed by atoms with van der Waals surface area (Å²) in [5, 5.41) is 31.4. The zero-order valence-corrected chi connectivity index (χ0v) is 45.6. The second-order valence-electron chi connectivity index (χ2n) is 19.2. The van der Waals surface area contributed by atoms with Crippen molar-refractivity contribution in [2.45, 2.75) is 263 Å². The molecule has 0 aliphatic carbocycles. The Hall–Kier alpha value is -4.10. The van der Waals surface area contributed by atoms with Gasteiger partial charge >= 0.3 is 23.9 Å². The molecule has 6 unspecified atom stereocenters. The Morgan fingerprint density at radius 3 is 1.37 bits per heavy atom. The van der Waals surface area contributed by atoms with E-state index in [9.17, 15) is 34.5 Å². The van der Waals surface area contributed by atoms with Crippen molar-refractivity contribution in [2.24, 2.45) is 0 Å². The van der Waals surface area contributed by atoms with E-state index in [0.717, 1.165) is 109 Å². The zero-order valence-electron chi connectivity index (χ0n) is 45.6. The number of allylic oxidation sites excluding steroid dienone is 14. The molecule has 0 aromatic carbocycles. The summed E-state index contributed by atoms with van der Waals surface area (Å²) in [7, 11) is 0. The number of unbranched alkanes of at least 4 members (excludes halogenated alkanes) is 19. The fourth-order valence-electron chi connectivity index (χ4n) is 8.04. The molecular weight excluding hydrogens is 925 g/mol. The number of carbonyl (C=O) groups excluding carboxylic acids is 3. The number of esters is 3. The Kier molecular flexibility index (Phi) is 44.7. The van der Waals surface area contributed by atoms with Gasteiger partial charge in [0.25, 0.3) is 0 Å². The molecule has 1 aliphatic rings. The number of carboxylic acid groups (broad SMARTS) is 1. The van der Waals surface area contributed by atoms with Crippen molar-refractivity contribution in [1.82, 2.24) is 0 Å². The van der Waals surface area contributed by atoms with Crippen LogP contribution in [0, 0.1) is 0 Å². The van der Waals surface area contributed by atoms with Crippen molar-refractivity contribution in [3.63, 3.8) is 0 Å². The number of hydrogen-bond acceptors (Lipinski definition) is 11. The van der Waals surface area contributed by atoms with Gasteiger partial charge in [-0.2, -0.15) is 0 Å². The first kappa shape index (κ1) is 66.9. The summed E-state index contributed by atoms with van der Waals surface area (Å²) in [4.78, 5) is 51.0. The Morgan fingerprint density at radius 2 is 0.877 bits per heavy atom. The Bertz CT molecular complexity index is 1590. The Balaban J connectivity index is 2.75. The average molecular weight is 1030 g/mol. The van der Waals surface area contributed by atoms with Crippen molar-refractivity contribution < 1.29 is 58.2 Å². The molecule has 0 spiro atoms. The number of aliphatic hydroxyl groups is 2. The van der Waals surface area contributed by atoms with Crippen LogP contribution in [-0.4, -0.2) is 89.2 Å². The largest absolute Gasteiger partial charge is 0.479 e. The van der Waals surface area contributed by atoms with Crippen LogP contribution in [0.1, 0.15) is 226 Å². The molecule has 1 fully saturated rings. The van der Waals surface area contributed by atoms with Gasteiger partial charge in [0, 0.05) is 19.3 Å². The van der Waals surface area contributed by atoms with E-state index in [1.54, 1.807) is 0 Å². The van der Waals surface area contributed by atoms with Crippen LogP contribution in [0.25, 0.3) is 0 Å². The van der Waals surface area contributed by atoms with Gasteiger partial charge in [-0.25, -0.2) is 4.79 Å². The van der Waals surface area contributed by atoms with Gasteiger partial charge in [0.1, 0.15) is 18.8 Å². The van der Waals surface area contributed by atoms with Crippen molar-refractivity contribution in [2.75, 3.05) is 13.2 Å². The van der Waals surface area contributed by atoms with Gasteiger partial charge in [0.2, 0.25) is 0 Å². The minimum atomic E-state index is -1.93. The van der Waals surface area contributed by atoms with Crippen LogP contribution in [0.5, 0.6) is 0 Å². The summed E-state index contributed by atoms with van der Waals surface area (Å²) in [6, 6.07) is 0. The molecule has 6 atom stereocenters. The van der Waals surface area contributed by atoms with Crippen LogP contribution in [0.2, 0.25) is 0 Å². The summed E-state index contributed by atoms with van der Waals surface area (Å²) in [6.07, 6.45) is 49.9. The number of hydrogen-bond donors (Lipinski definition) is 3. The molecule has 0 saturated carbocycles. The third kappa shape index (κ3) is 39.0. The maximum Gasteiger partial charge on any atom is 0.335 e. The van der Waals surface area contributed by atoms with Gasteiger partial charge in [-0.15, -0.1) is 0 Å². The van der Waals surface area contributed by atoms with Gasteiger partial charge in [-0.05, 0) is 109 Å². The minimum Gasteiger partial charge on any atom is -0.479 e. The highest BCUT2D eigenvalue weighted by Gasteiger charge is 2.50. The van der Waals surface area contributed by atoms with Crippen molar-refractivity contribution in [3.8, 4) is 0 Å². The fraction of sp³-hybridized carbons (Fsp3) is 0.705. The Labute approximate surface area is 441 Å². The normalized spacial score (nSPS) is 18.9. The number of carboxylic acids is 1. The molecule has 1 aliphatic heterocycles. The number of carbonyl (C=O) groups is 4. The molecular formula is C61H100O12. The lowest BCUT2D eigenvalue weighted by Gasteiger charge is -2.40. The first-order chi connectivity index (χ1) is 35.6. The van der Waals surface area contributed by atoms with E-state index >= 15 is 0 Å². The van der Waals surface area contributed by atoms with Crippen LogP contribution in [-0.2, 0) is 42.9 Å². The topological polar surface area (TPSA) is 175 Å². The summed E-state index contributed by atoms with van der Waals surface area (Å²) in [6.45, 7) is 5.79. The van der Waals surface area contributed by atoms with Gasteiger partial charge in [-0.1, -0.05) is 183 Å². The molecule has 0 aromatic heterocycles. The van der Waals surface area contributed by atoms with E-state index in [1.807, 2.05) is 12.2 Å². The molecule has 12 heteroatoms. The van der Waals surface area contributed by atoms with E-state index in [0.29, 0.717) is 25.7 Å². The van der Waals surface area contributed by atoms with Gasteiger partial charge in [0.05, 0.1) is 6.61 Å². The average Bonchev–Trinajstić information content (AvgIpc) is 3.37. The molecule has 0 bridgehead atoms. The predicted octanol–water partition coefficient (Wildman–Crippen LogP) is 14.3. The second kappa shape index (κ2) is 48.8. The summed E-state index contributed by atoms with van der Waals surface area (Å²) >= 11 is 0. The predicted molar refractivity (Wildman–Crippen MR) is 294 cm³/mol. The van der Waals surface area contributed by atoms with E-state index in [-0.39, 0.29) is 25.9 Å². The highest BCUT2D eigenvalue weighted by molar-refractivity contribution is 5.74. The van der Waals surface area contributed by atoms with Crippen molar-refractivity contribution >= 4 is 23.9 Å². The van der Waals surface area contributed by atoms with Crippen LogP contribution in [0.3, 0.4) is 0 Å². The third-order valence-electron chi connectivity index (χ3n) is 12.4. The third-order valence-corrected chi connectivity index (χ3v) is 12.4. The molecule has 0 amide bonds. The lowest BCUT2D eigenvalue weighted by molar-refractivity contribution is -0.301. The molecule has 1 saturated heterocycles. The van der Waals surface area contributed by atoms with Crippen molar-refractivity contribution in [3.05, 3.63) is 85.1 Å². The summed E-state index contributed by atoms with van der Waals surface area (Å²) in [5.41, 5.74) is 0. The van der Waals surface area contributed by atoms with Crippen LogP contribution >= 0.6 is 0 Å². The van der Waals surface area contributed by atoms with Crippen LogP contribution in [0.15, 0.2) is 85.1 Å². The summed E-state index contributed by atoms with van der Waals surface area (Å²) in [5.74, 6) is -3.22. The van der Waals surface area contributed by atoms with Crippen molar-refractivity contribution in [1.29, 1.82) is 0 Å². The first-order valence-electron chi connectivity index (χ1n) is 28.6. The molecule has 73 heavy (non-hydrogen) atoms. The number of ether oxygens (including phenoxy) is 5. The SMILES string of the molecule is CC/C=C\C/C=C\C/C=C\C/C=C\C/C=C\CCCC(=O)OC1C(OCC(COC(=O)CCCCCCC/C=C\CCCCCC)OC(=O)CCCCCCC/C=C\CCCCCC)OC(C(=O)O)C(O)C1O. The zero-order chi connectivity index (χ0) is 53.3. The van der Waals surface area contributed by atoms with Gasteiger partial charge in [0.15, 0.2) is 24.6 Å². The highest BCUT2D eigenvalue weighted by Crippen LogP contribution is 2.26. The highest BCUT2D eigenvalue weighted by atomic mass is 16.7. The van der Waals surface area contributed by atoms with E-state index < -0.39 is 67.3 Å². The molecule has 1 rings (SSSR count). The quantitative estimate of drug-likeness (QED) is 0.0228. The molecule has 12 nitrogen and oxygen atoms in total. The van der Waals surface area contributed by atoms with Crippen LogP contribution in [0.4, 0.5) is 0 Å². The first-order valence-corrected chi connectivity index (χ1v) is 28.6. The minimum absolute atomic E-state index is 0.0221. The maximum atomic E-state index is 13.1. The standard InChI is InChI=1S/C61H100O12/c1-4-7-10-13-16-19-22-25-26-27-28-31-34-37-40-43-46-49-55(64)72-59-57(66)56(65)58(60(67)68)73-61(59)70-51-52(71-54(63)48-45-42-39-36-33-30-24-21-18-15-12-9-6-3)50-69-53(62)47-44-41-38-35-32-29-23-20-17-14-11-8-5-2/h7,10,16,19-21,23-26,28,31,37,40,52,56-59,61,65-66H,4-6,8-9,11-15,17-18,22,27,29-30,32-36,38-39,41-51H2,1-3H3,(H,67,68)/b10-7-,19-16-,23-20-,24-21-,26-25-,31-28-,40-37-. The number of rotatable bonds is 47. The monoisotopic (exact) mass is 1020 g/mol. The molecule has 3 N–H and O–H groups in total. The van der Waals surface area contributed by atoms with E-state index in [1.165, 1.54) is 51.4 Å². The molecule has 1 heterocycles. The fourth-order valence-corrected chi connectivity index (χ4v) is 8.04. The van der Waals surface area contributed by atoms with E-state index in [4.69, 9.17) is 23.7 Å². The maximum absolute atomic E-state index is 13.1. The Morgan fingerprint density at radius 1 is 0.466 bits per heavy atom.